The van der Waals surface area contributed by atoms with Gasteiger partial charge < -0.3 is 10.8 Å². The molecule has 1 rings (SSSR count). The molecule has 0 aromatic heterocycles. The van der Waals surface area contributed by atoms with E-state index in [1.54, 1.807) is 0 Å². The molecule has 1 aliphatic rings. The van der Waals surface area contributed by atoms with E-state index in [4.69, 9.17) is 5.73 Å². The third kappa shape index (κ3) is 2.90. The number of nitrogens with two attached hydrogens (primary N) is 1. The molecule has 1 aliphatic heterocycles. The summed E-state index contributed by atoms with van der Waals surface area (Å²) in [5.74, 6) is 0. The first-order chi connectivity index (χ1) is 7.02. The van der Waals surface area contributed by atoms with Crippen LogP contribution in [0.15, 0.2) is 0 Å². The second-order valence-electron chi connectivity index (χ2n) is 3.94. The van der Waals surface area contributed by atoms with Crippen molar-refractivity contribution in [3.63, 3.8) is 0 Å². The molecular formula is C9H20N2O3S. The molecule has 1 unspecified atom stereocenters. The molecule has 0 radical (unpaired) electrons. The highest BCUT2D eigenvalue weighted by Gasteiger charge is 2.32. The fraction of sp³-hybridized carbons (Fsp3) is 1.00. The van der Waals surface area contributed by atoms with Crippen LogP contribution in [0.4, 0.5) is 0 Å². The molecule has 0 amide bonds. The molecule has 0 aromatic rings. The Kier molecular flexibility index (Phi) is 4.51. The van der Waals surface area contributed by atoms with Crippen molar-refractivity contribution in [2.45, 2.75) is 37.5 Å². The highest BCUT2D eigenvalue weighted by molar-refractivity contribution is 7.89. The Morgan fingerprint density at radius 3 is 2.40 bits per heavy atom. The van der Waals surface area contributed by atoms with Gasteiger partial charge in [-0.05, 0) is 19.3 Å². The average Bonchev–Trinajstić information content (AvgIpc) is 2.19. The third-order valence-electron chi connectivity index (χ3n) is 2.92. The lowest BCUT2D eigenvalue weighted by Gasteiger charge is -2.31. The van der Waals surface area contributed by atoms with Gasteiger partial charge in [0.2, 0.25) is 10.0 Å². The molecule has 0 aliphatic carbocycles. The van der Waals surface area contributed by atoms with Crippen molar-refractivity contribution in [3.05, 3.63) is 0 Å². The van der Waals surface area contributed by atoms with Crippen molar-refractivity contribution in [1.82, 2.24) is 4.31 Å². The van der Waals surface area contributed by atoms with E-state index in [1.165, 1.54) is 4.31 Å². The van der Waals surface area contributed by atoms with Gasteiger partial charge in [-0.25, -0.2) is 12.7 Å². The first-order valence-corrected chi connectivity index (χ1v) is 6.89. The highest BCUT2D eigenvalue weighted by atomic mass is 32.2. The van der Waals surface area contributed by atoms with Crippen molar-refractivity contribution in [2.24, 2.45) is 5.73 Å². The van der Waals surface area contributed by atoms with Crippen LogP contribution in [0.1, 0.15) is 26.2 Å². The van der Waals surface area contributed by atoms with Crippen LogP contribution >= 0.6 is 0 Å². The minimum atomic E-state index is -3.25. The molecule has 3 N–H and O–H groups in total. The zero-order valence-electron chi connectivity index (χ0n) is 9.09. The minimum Gasteiger partial charge on any atom is -0.393 e. The van der Waals surface area contributed by atoms with Gasteiger partial charge in [-0.1, -0.05) is 6.92 Å². The van der Waals surface area contributed by atoms with E-state index in [0.29, 0.717) is 32.4 Å². The molecule has 5 nitrogen and oxygen atoms in total. The van der Waals surface area contributed by atoms with Gasteiger partial charge in [-0.3, -0.25) is 0 Å². The number of hydrogen-bond acceptors (Lipinski definition) is 4. The van der Waals surface area contributed by atoms with Crippen LogP contribution in [0, 0.1) is 0 Å². The zero-order valence-corrected chi connectivity index (χ0v) is 9.91. The first kappa shape index (κ1) is 12.9. The fourth-order valence-corrected chi connectivity index (χ4v) is 3.61. The summed E-state index contributed by atoms with van der Waals surface area (Å²) in [6, 6.07) is 0. The summed E-state index contributed by atoms with van der Waals surface area (Å²) < 4.78 is 25.5. The van der Waals surface area contributed by atoms with Crippen molar-refractivity contribution in [3.8, 4) is 0 Å². The maximum Gasteiger partial charge on any atom is 0.218 e. The maximum atomic E-state index is 12.0. The van der Waals surface area contributed by atoms with Crippen LogP contribution < -0.4 is 5.73 Å². The Labute approximate surface area is 91.3 Å². The zero-order chi connectivity index (χ0) is 11.5. The van der Waals surface area contributed by atoms with Gasteiger partial charge in [0.25, 0.3) is 0 Å². The Morgan fingerprint density at radius 1 is 1.47 bits per heavy atom. The molecule has 1 saturated heterocycles. The number of hydrogen-bond donors (Lipinski definition) is 2. The van der Waals surface area contributed by atoms with E-state index >= 15 is 0 Å². The number of sulfonamides is 1. The average molecular weight is 236 g/mol. The smallest absolute Gasteiger partial charge is 0.218 e. The molecule has 1 heterocycles. The Morgan fingerprint density at radius 2 is 2.00 bits per heavy atom. The van der Waals surface area contributed by atoms with Crippen LogP contribution in [0.25, 0.3) is 0 Å². The third-order valence-corrected chi connectivity index (χ3v) is 5.38. The van der Waals surface area contributed by atoms with Crippen molar-refractivity contribution in [1.29, 1.82) is 0 Å². The van der Waals surface area contributed by atoms with Crippen LogP contribution in [-0.2, 0) is 10.0 Å². The fourth-order valence-electron chi connectivity index (χ4n) is 1.81. The topological polar surface area (TPSA) is 83.6 Å². The molecule has 15 heavy (non-hydrogen) atoms. The van der Waals surface area contributed by atoms with Gasteiger partial charge in [0.05, 0.1) is 11.4 Å². The summed E-state index contributed by atoms with van der Waals surface area (Å²) in [6.07, 6.45) is 1.24. The lowest BCUT2D eigenvalue weighted by Crippen LogP contribution is -2.46. The Bertz CT molecular complexity index is 280. The summed E-state index contributed by atoms with van der Waals surface area (Å²) in [6.45, 7) is 2.83. The van der Waals surface area contributed by atoms with E-state index in [1.807, 2.05) is 6.92 Å². The molecule has 90 valence electrons. The van der Waals surface area contributed by atoms with Gasteiger partial charge in [-0.15, -0.1) is 0 Å². The summed E-state index contributed by atoms with van der Waals surface area (Å²) in [5, 5.41) is 8.82. The van der Waals surface area contributed by atoms with Crippen molar-refractivity contribution in [2.75, 3.05) is 19.6 Å². The SMILES string of the molecule is CCC(CN)S(=O)(=O)N1CCC(O)CC1. The second-order valence-corrected chi connectivity index (χ2v) is 6.15. The normalized spacial score (nSPS) is 22.9. The minimum absolute atomic E-state index is 0.165. The summed E-state index contributed by atoms with van der Waals surface area (Å²) in [7, 11) is -3.25. The second kappa shape index (κ2) is 5.25. The monoisotopic (exact) mass is 236 g/mol. The molecular weight excluding hydrogens is 216 g/mol. The van der Waals surface area contributed by atoms with Gasteiger partial charge >= 0.3 is 0 Å². The predicted molar refractivity (Wildman–Crippen MR) is 58.9 cm³/mol. The molecule has 6 heteroatoms. The van der Waals surface area contributed by atoms with Gasteiger partial charge in [-0.2, -0.15) is 0 Å². The Hall–Kier alpha value is -0.170. The van der Waals surface area contributed by atoms with E-state index in [-0.39, 0.29) is 12.6 Å². The standard InChI is InChI=1S/C9H20N2O3S/c1-2-9(7-10)15(13,14)11-5-3-8(12)4-6-11/h8-9,12H,2-7,10H2,1H3. The van der Waals surface area contributed by atoms with E-state index in [0.717, 1.165) is 0 Å². The van der Waals surface area contributed by atoms with Crippen molar-refractivity contribution >= 4 is 10.0 Å². The van der Waals surface area contributed by atoms with Crippen LogP contribution in [0.2, 0.25) is 0 Å². The number of piperidine rings is 1. The lowest BCUT2D eigenvalue weighted by atomic mass is 10.1. The number of aliphatic hydroxyl groups excluding tert-OH is 1. The van der Waals surface area contributed by atoms with Gasteiger partial charge in [0, 0.05) is 19.6 Å². The van der Waals surface area contributed by atoms with E-state index in [2.05, 4.69) is 0 Å². The van der Waals surface area contributed by atoms with Crippen LogP contribution in [0.5, 0.6) is 0 Å². The Balaban J connectivity index is 2.69. The summed E-state index contributed by atoms with van der Waals surface area (Å²) in [4.78, 5) is 0. The lowest BCUT2D eigenvalue weighted by molar-refractivity contribution is 0.112. The number of aliphatic hydroxyl groups is 1. The van der Waals surface area contributed by atoms with Crippen LogP contribution in [0.3, 0.4) is 0 Å². The molecule has 1 atom stereocenters. The quantitative estimate of drug-likeness (QED) is 0.690. The molecule has 0 spiro atoms. The van der Waals surface area contributed by atoms with Crippen molar-refractivity contribution < 1.29 is 13.5 Å². The highest BCUT2D eigenvalue weighted by Crippen LogP contribution is 2.18. The molecule has 0 saturated carbocycles. The van der Waals surface area contributed by atoms with E-state index < -0.39 is 15.3 Å². The maximum absolute atomic E-state index is 12.0. The summed E-state index contributed by atoms with van der Waals surface area (Å²) >= 11 is 0. The van der Waals surface area contributed by atoms with E-state index in [9.17, 15) is 13.5 Å². The largest absolute Gasteiger partial charge is 0.393 e. The summed E-state index contributed by atoms with van der Waals surface area (Å²) in [5.41, 5.74) is 5.45. The molecule has 0 aromatic carbocycles. The predicted octanol–water partition coefficient (Wildman–Crippen LogP) is -0.490. The van der Waals surface area contributed by atoms with Crippen LogP contribution in [-0.4, -0.2) is 48.8 Å². The number of nitrogens with zero attached hydrogens (tertiary/aromatic N) is 1. The number of rotatable bonds is 4. The van der Waals surface area contributed by atoms with Gasteiger partial charge in [0.1, 0.15) is 0 Å². The molecule has 0 bridgehead atoms. The first-order valence-electron chi connectivity index (χ1n) is 5.39. The molecule has 1 fully saturated rings. The van der Waals surface area contributed by atoms with Gasteiger partial charge in [0.15, 0.2) is 0 Å².